The Labute approximate surface area is 152 Å². The highest BCUT2D eigenvalue weighted by Gasteiger charge is 2.18. The summed E-state index contributed by atoms with van der Waals surface area (Å²) in [6, 6.07) is 6.01. The minimum absolute atomic E-state index is 0.0175. The molecular weight excluding hydrogens is 314 g/mol. The van der Waals surface area contributed by atoms with Crippen molar-refractivity contribution in [3.05, 3.63) is 23.8 Å². The number of anilines is 2. The second-order valence-electron chi connectivity index (χ2n) is 7.35. The van der Waals surface area contributed by atoms with Crippen LogP contribution in [0.25, 0.3) is 0 Å². The predicted molar refractivity (Wildman–Crippen MR) is 105 cm³/mol. The van der Waals surface area contributed by atoms with Crippen molar-refractivity contribution >= 4 is 23.2 Å². The second-order valence-corrected chi connectivity index (χ2v) is 7.35. The number of rotatable bonds is 8. The molecule has 0 aliphatic carbocycles. The molecule has 1 N–H and O–H groups in total. The van der Waals surface area contributed by atoms with Gasteiger partial charge in [0.05, 0.1) is 0 Å². The molecule has 1 aromatic carbocycles. The third-order valence-electron chi connectivity index (χ3n) is 4.03. The van der Waals surface area contributed by atoms with Crippen molar-refractivity contribution in [2.45, 2.75) is 60.0 Å². The lowest BCUT2D eigenvalue weighted by molar-refractivity contribution is -0.133. The Kier molecular flexibility index (Phi) is 7.94. The van der Waals surface area contributed by atoms with Crippen molar-refractivity contribution in [3.8, 4) is 0 Å². The van der Waals surface area contributed by atoms with Gasteiger partial charge < -0.3 is 15.1 Å². The van der Waals surface area contributed by atoms with E-state index >= 15 is 0 Å². The summed E-state index contributed by atoms with van der Waals surface area (Å²) in [5.41, 5.74) is 2.86. The quantitative estimate of drug-likeness (QED) is 0.776. The van der Waals surface area contributed by atoms with Crippen LogP contribution < -0.4 is 10.2 Å². The molecule has 140 valence electrons. The van der Waals surface area contributed by atoms with Gasteiger partial charge in [-0.2, -0.15) is 0 Å². The molecule has 5 nitrogen and oxygen atoms in total. The second kappa shape index (κ2) is 9.44. The number of amides is 2. The predicted octanol–water partition coefficient (Wildman–Crippen LogP) is 3.88. The van der Waals surface area contributed by atoms with E-state index in [4.69, 9.17) is 0 Å². The molecule has 0 unspecified atom stereocenters. The zero-order valence-electron chi connectivity index (χ0n) is 16.7. The van der Waals surface area contributed by atoms with Gasteiger partial charge in [-0.25, -0.2) is 0 Å². The van der Waals surface area contributed by atoms with E-state index in [2.05, 4.69) is 5.32 Å². The maximum atomic E-state index is 12.3. The lowest BCUT2D eigenvalue weighted by atomic mass is 10.1. The normalized spacial score (nSPS) is 10.9. The summed E-state index contributed by atoms with van der Waals surface area (Å²) in [7, 11) is 3.97. The highest BCUT2D eigenvalue weighted by Crippen LogP contribution is 2.25. The molecule has 0 atom stereocenters. The molecule has 0 saturated carbocycles. The van der Waals surface area contributed by atoms with E-state index in [0.717, 1.165) is 16.9 Å². The summed E-state index contributed by atoms with van der Waals surface area (Å²) in [6.45, 7) is 10.5. The van der Waals surface area contributed by atoms with E-state index in [1.54, 1.807) is 0 Å². The van der Waals surface area contributed by atoms with Gasteiger partial charge in [0.25, 0.3) is 0 Å². The van der Waals surface area contributed by atoms with E-state index < -0.39 is 0 Å². The van der Waals surface area contributed by atoms with Crippen LogP contribution in [-0.4, -0.2) is 36.9 Å². The molecule has 0 bridgehead atoms. The molecule has 0 spiro atoms. The monoisotopic (exact) mass is 347 g/mol. The summed E-state index contributed by atoms with van der Waals surface area (Å²) in [6.07, 6.45) is 0.984. The van der Waals surface area contributed by atoms with Gasteiger partial charge in [-0.1, -0.05) is 20.8 Å². The molecule has 1 aromatic rings. The van der Waals surface area contributed by atoms with E-state index in [0.29, 0.717) is 25.3 Å². The molecule has 0 aliphatic rings. The Morgan fingerprint density at radius 3 is 2.24 bits per heavy atom. The smallest absolute Gasteiger partial charge is 0.224 e. The van der Waals surface area contributed by atoms with Gasteiger partial charge in [0.15, 0.2) is 0 Å². The fraction of sp³-hybridized carbons (Fsp3) is 0.600. The number of benzene rings is 1. The first-order chi connectivity index (χ1) is 11.6. The van der Waals surface area contributed by atoms with Crippen LogP contribution in [0.4, 0.5) is 11.4 Å². The van der Waals surface area contributed by atoms with Crippen LogP contribution in [0.1, 0.15) is 53.0 Å². The Morgan fingerprint density at radius 1 is 1.12 bits per heavy atom. The largest absolute Gasteiger partial charge is 0.377 e. The van der Waals surface area contributed by atoms with Crippen LogP contribution in [0.15, 0.2) is 18.2 Å². The lowest BCUT2D eigenvalue weighted by Crippen LogP contribution is -2.36. The number of nitrogens with one attached hydrogen (secondary N) is 1. The minimum Gasteiger partial charge on any atom is -0.377 e. The number of hydrogen-bond acceptors (Lipinski definition) is 3. The molecule has 0 radical (unpaired) electrons. The van der Waals surface area contributed by atoms with Crippen LogP contribution in [0.2, 0.25) is 0 Å². The summed E-state index contributed by atoms with van der Waals surface area (Å²) in [5.74, 6) is 0.469. The van der Waals surface area contributed by atoms with Crippen LogP contribution in [0.3, 0.4) is 0 Å². The van der Waals surface area contributed by atoms with Gasteiger partial charge in [0.1, 0.15) is 0 Å². The van der Waals surface area contributed by atoms with E-state index in [9.17, 15) is 9.59 Å². The highest BCUT2D eigenvalue weighted by molar-refractivity contribution is 5.91. The van der Waals surface area contributed by atoms with Gasteiger partial charge in [-0.3, -0.25) is 9.59 Å². The van der Waals surface area contributed by atoms with Crippen molar-refractivity contribution in [1.82, 2.24) is 4.90 Å². The van der Waals surface area contributed by atoms with E-state index in [1.807, 2.05) is 76.7 Å². The molecule has 0 aliphatic heterocycles. The maximum Gasteiger partial charge on any atom is 0.224 e. The third-order valence-corrected chi connectivity index (χ3v) is 4.03. The molecule has 5 heteroatoms. The maximum absolute atomic E-state index is 12.3. The van der Waals surface area contributed by atoms with Gasteiger partial charge in [0, 0.05) is 50.9 Å². The molecule has 2 amide bonds. The van der Waals surface area contributed by atoms with Crippen molar-refractivity contribution < 1.29 is 9.59 Å². The first-order valence-corrected chi connectivity index (χ1v) is 9.05. The van der Waals surface area contributed by atoms with Crippen LogP contribution >= 0.6 is 0 Å². The molecule has 0 heterocycles. The molecule has 25 heavy (non-hydrogen) atoms. The van der Waals surface area contributed by atoms with Gasteiger partial charge in [0.2, 0.25) is 11.8 Å². The Morgan fingerprint density at radius 2 is 1.76 bits per heavy atom. The molecule has 0 saturated heterocycles. The summed E-state index contributed by atoms with van der Waals surface area (Å²) >= 11 is 0. The average Bonchev–Trinajstić information content (AvgIpc) is 2.50. The first kappa shape index (κ1) is 21.0. The van der Waals surface area contributed by atoms with Crippen LogP contribution in [0, 0.1) is 5.92 Å². The topological polar surface area (TPSA) is 52.7 Å². The number of nitrogens with zero attached hydrogens (tertiary/aromatic N) is 2. The molecule has 0 aromatic heterocycles. The van der Waals surface area contributed by atoms with Gasteiger partial charge in [-0.15, -0.1) is 0 Å². The zero-order valence-corrected chi connectivity index (χ0v) is 16.7. The number of carbonyl (C=O) groups excluding carboxylic acids is 2. The van der Waals surface area contributed by atoms with E-state index in [-0.39, 0.29) is 17.9 Å². The Bertz CT molecular complexity index is 595. The number of carbonyl (C=O) groups is 2. The van der Waals surface area contributed by atoms with Gasteiger partial charge in [-0.05, 0) is 43.5 Å². The summed E-state index contributed by atoms with van der Waals surface area (Å²) in [4.78, 5) is 28.2. The average molecular weight is 348 g/mol. The summed E-state index contributed by atoms with van der Waals surface area (Å²) < 4.78 is 0. The standard InChI is InChI=1S/C20H33N3O2/c1-8-20(25)23(15(4)5)13-16-12-17(9-10-18(16)22(6)7)21-19(24)11-14(2)3/h9-10,12,14-15H,8,11,13H2,1-7H3,(H,21,24). The van der Waals surface area contributed by atoms with Gasteiger partial charge >= 0.3 is 0 Å². The zero-order chi connectivity index (χ0) is 19.1. The van der Waals surface area contributed by atoms with Crippen LogP contribution in [-0.2, 0) is 16.1 Å². The third kappa shape index (κ3) is 6.40. The van der Waals surface area contributed by atoms with Crippen molar-refractivity contribution in [3.63, 3.8) is 0 Å². The number of hydrogen-bond donors (Lipinski definition) is 1. The first-order valence-electron chi connectivity index (χ1n) is 9.05. The lowest BCUT2D eigenvalue weighted by Gasteiger charge is -2.29. The molecule has 0 fully saturated rings. The molecular formula is C20H33N3O2. The Balaban J connectivity index is 3.10. The fourth-order valence-corrected chi connectivity index (χ4v) is 2.75. The minimum atomic E-state index is 0.0175. The Hall–Kier alpha value is -2.04. The van der Waals surface area contributed by atoms with Crippen molar-refractivity contribution in [2.75, 3.05) is 24.3 Å². The molecule has 1 rings (SSSR count). The SMILES string of the molecule is CCC(=O)N(Cc1cc(NC(=O)CC(C)C)ccc1N(C)C)C(C)C. The highest BCUT2D eigenvalue weighted by atomic mass is 16.2. The van der Waals surface area contributed by atoms with Crippen molar-refractivity contribution in [1.29, 1.82) is 0 Å². The van der Waals surface area contributed by atoms with Crippen molar-refractivity contribution in [2.24, 2.45) is 5.92 Å². The fourth-order valence-electron chi connectivity index (χ4n) is 2.75. The summed E-state index contributed by atoms with van der Waals surface area (Å²) in [5, 5.41) is 2.96. The van der Waals surface area contributed by atoms with Crippen LogP contribution in [0.5, 0.6) is 0 Å². The van der Waals surface area contributed by atoms with E-state index in [1.165, 1.54) is 0 Å².